The number of aryl methyl sites for hydroxylation is 1. The fraction of sp³-hybridized carbons (Fsp3) is 0.0667. The average molecular weight is 296 g/mol. The number of nitro benzene ring substituents is 1. The average Bonchev–Trinajstić information content (AvgIpc) is 2.97. The zero-order valence-corrected chi connectivity index (χ0v) is 11.6. The minimum Gasteiger partial charge on any atom is -0.502 e. The lowest BCUT2D eigenvalue weighted by atomic mass is 10.0. The summed E-state index contributed by atoms with van der Waals surface area (Å²) in [6.45, 7) is 1.88. The summed E-state index contributed by atoms with van der Waals surface area (Å²) in [7, 11) is 0. The number of aromatic hydroxyl groups is 1. The van der Waals surface area contributed by atoms with Gasteiger partial charge in [-0.15, -0.1) is 0 Å². The molecule has 0 unspecified atom stereocenters. The predicted molar refractivity (Wildman–Crippen MR) is 80.3 cm³/mol. The van der Waals surface area contributed by atoms with E-state index >= 15 is 0 Å². The molecule has 3 aromatic rings. The van der Waals surface area contributed by atoms with E-state index in [9.17, 15) is 15.2 Å². The first-order chi connectivity index (χ1) is 10.6. The van der Waals surface area contributed by atoms with Gasteiger partial charge in [-0.25, -0.2) is 0 Å². The molecule has 22 heavy (non-hydrogen) atoms. The Morgan fingerprint density at radius 2 is 2.09 bits per heavy atom. The lowest BCUT2D eigenvalue weighted by Crippen LogP contribution is -1.91. The second-order valence-corrected chi connectivity index (χ2v) is 4.78. The van der Waals surface area contributed by atoms with Crippen molar-refractivity contribution in [2.75, 3.05) is 0 Å². The number of pyridine rings is 1. The van der Waals surface area contributed by atoms with Gasteiger partial charge in [0.2, 0.25) is 0 Å². The first-order valence-electron chi connectivity index (χ1n) is 6.51. The van der Waals surface area contributed by atoms with Gasteiger partial charge < -0.3 is 5.11 Å². The zero-order chi connectivity index (χ0) is 15.7. The number of nitrogens with zero attached hydrogens (tertiary/aromatic N) is 3. The maximum atomic E-state index is 11.0. The number of aromatic nitrogens is 3. The Kier molecular flexibility index (Phi) is 3.30. The third-order valence-corrected chi connectivity index (χ3v) is 3.27. The van der Waals surface area contributed by atoms with Crippen molar-refractivity contribution < 1.29 is 10.0 Å². The number of phenolic OH excluding ortho intramolecular Hbond substituents is 1. The van der Waals surface area contributed by atoms with Gasteiger partial charge in [0.05, 0.1) is 22.5 Å². The zero-order valence-electron chi connectivity index (χ0n) is 11.6. The first-order valence-corrected chi connectivity index (χ1v) is 6.51. The van der Waals surface area contributed by atoms with Gasteiger partial charge in [-0.3, -0.25) is 20.2 Å². The van der Waals surface area contributed by atoms with E-state index in [1.54, 1.807) is 12.3 Å². The normalized spacial score (nSPS) is 10.6. The second kappa shape index (κ2) is 5.28. The van der Waals surface area contributed by atoms with Gasteiger partial charge in [0.1, 0.15) is 0 Å². The van der Waals surface area contributed by atoms with Crippen LogP contribution in [0.15, 0.2) is 42.6 Å². The van der Waals surface area contributed by atoms with Crippen LogP contribution in [-0.4, -0.2) is 25.2 Å². The third kappa shape index (κ3) is 2.39. The summed E-state index contributed by atoms with van der Waals surface area (Å²) < 4.78 is 0. The van der Waals surface area contributed by atoms with Crippen LogP contribution in [0.25, 0.3) is 22.5 Å². The molecule has 0 atom stereocenters. The molecule has 0 fully saturated rings. The summed E-state index contributed by atoms with van der Waals surface area (Å²) in [5.41, 5.74) is 3.14. The number of nitrogens with one attached hydrogen (secondary N) is 1. The van der Waals surface area contributed by atoms with Crippen LogP contribution in [0.2, 0.25) is 0 Å². The molecule has 1 aromatic carbocycles. The maximum absolute atomic E-state index is 11.0. The van der Waals surface area contributed by atoms with Gasteiger partial charge in [0.15, 0.2) is 5.75 Å². The minimum atomic E-state index is -0.622. The maximum Gasteiger partial charge on any atom is 0.311 e. The van der Waals surface area contributed by atoms with Crippen LogP contribution in [0, 0.1) is 17.0 Å². The molecule has 2 N–H and O–H groups in total. The van der Waals surface area contributed by atoms with E-state index in [-0.39, 0.29) is 11.4 Å². The molecule has 0 amide bonds. The number of hydrogen-bond donors (Lipinski definition) is 2. The van der Waals surface area contributed by atoms with Crippen LogP contribution in [0.3, 0.4) is 0 Å². The Morgan fingerprint density at radius 3 is 2.82 bits per heavy atom. The number of hydrogen-bond acceptors (Lipinski definition) is 5. The summed E-state index contributed by atoms with van der Waals surface area (Å²) >= 11 is 0. The highest BCUT2D eigenvalue weighted by atomic mass is 16.6. The number of H-pyrrole nitrogens is 1. The smallest absolute Gasteiger partial charge is 0.311 e. The molecule has 0 spiro atoms. The van der Waals surface area contributed by atoms with Crippen molar-refractivity contribution in [3.05, 3.63) is 58.4 Å². The van der Waals surface area contributed by atoms with Crippen molar-refractivity contribution in [1.82, 2.24) is 15.2 Å². The molecular formula is C15H12N4O3. The van der Waals surface area contributed by atoms with Crippen LogP contribution in [-0.2, 0) is 0 Å². The minimum absolute atomic E-state index is 0.346. The SMILES string of the molecule is Cc1cccc(-c2[nH]ncc2-c2ccc(O)c([N+](=O)[O-])c2)n1. The van der Waals surface area contributed by atoms with Crippen molar-refractivity contribution in [3.63, 3.8) is 0 Å². The van der Waals surface area contributed by atoms with Crippen LogP contribution < -0.4 is 0 Å². The Balaban J connectivity index is 2.13. The molecule has 7 heteroatoms. The molecule has 0 aliphatic heterocycles. The highest BCUT2D eigenvalue weighted by molar-refractivity contribution is 5.80. The lowest BCUT2D eigenvalue weighted by molar-refractivity contribution is -0.385. The van der Waals surface area contributed by atoms with E-state index in [1.165, 1.54) is 12.1 Å². The molecule has 0 saturated carbocycles. The predicted octanol–water partition coefficient (Wildman–Crippen LogP) is 3.06. The fourth-order valence-corrected chi connectivity index (χ4v) is 2.22. The third-order valence-electron chi connectivity index (χ3n) is 3.27. The van der Waals surface area contributed by atoms with E-state index in [1.807, 2.05) is 25.1 Å². The van der Waals surface area contributed by atoms with Crippen LogP contribution >= 0.6 is 0 Å². The highest BCUT2D eigenvalue weighted by Crippen LogP contribution is 2.34. The van der Waals surface area contributed by atoms with Crippen molar-refractivity contribution in [2.45, 2.75) is 6.92 Å². The topological polar surface area (TPSA) is 105 Å². The summed E-state index contributed by atoms with van der Waals surface area (Å²) in [6, 6.07) is 9.81. The number of benzene rings is 1. The Hall–Kier alpha value is -3.22. The Morgan fingerprint density at radius 1 is 1.27 bits per heavy atom. The molecular weight excluding hydrogens is 284 g/mol. The number of aromatic amines is 1. The van der Waals surface area contributed by atoms with E-state index in [0.717, 1.165) is 5.69 Å². The quantitative estimate of drug-likeness (QED) is 0.571. The standard InChI is InChI=1S/C15H12N4O3/c1-9-3-2-4-12(17-9)15-11(8-16-18-15)10-5-6-14(20)13(7-10)19(21)22/h2-8,20H,1H3,(H,16,18). The van der Waals surface area contributed by atoms with Crippen molar-refractivity contribution >= 4 is 5.69 Å². The molecule has 110 valence electrons. The number of phenols is 1. The summed E-state index contributed by atoms with van der Waals surface area (Å²) in [5.74, 6) is -0.368. The van der Waals surface area contributed by atoms with Gasteiger partial charge in [0, 0.05) is 17.3 Å². The summed E-state index contributed by atoms with van der Waals surface area (Å²) in [6.07, 6.45) is 1.58. The molecule has 0 aliphatic rings. The molecule has 0 bridgehead atoms. The lowest BCUT2D eigenvalue weighted by Gasteiger charge is -2.05. The van der Waals surface area contributed by atoms with E-state index < -0.39 is 4.92 Å². The monoisotopic (exact) mass is 296 g/mol. The van der Waals surface area contributed by atoms with Crippen LogP contribution in [0.1, 0.15) is 5.69 Å². The van der Waals surface area contributed by atoms with E-state index in [4.69, 9.17) is 0 Å². The van der Waals surface area contributed by atoms with Crippen molar-refractivity contribution in [1.29, 1.82) is 0 Å². The molecule has 7 nitrogen and oxygen atoms in total. The first kappa shape index (κ1) is 13.7. The number of rotatable bonds is 3. The number of nitro groups is 1. The molecule has 2 heterocycles. The molecule has 0 aliphatic carbocycles. The molecule has 3 rings (SSSR count). The van der Waals surface area contributed by atoms with Gasteiger partial charge in [0.25, 0.3) is 0 Å². The van der Waals surface area contributed by atoms with Crippen molar-refractivity contribution in [2.24, 2.45) is 0 Å². The van der Waals surface area contributed by atoms with Gasteiger partial charge in [-0.2, -0.15) is 5.10 Å². The molecule has 0 saturated heterocycles. The van der Waals surface area contributed by atoms with Crippen LogP contribution in [0.5, 0.6) is 5.75 Å². The second-order valence-electron chi connectivity index (χ2n) is 4.78. The molecule has 0 radical (unpaired) electrons. The highest BCUT2D eigenvalue weighted by Gasteiger charge is 2.17. The Bertz CT molecular complexity index is 857. The van der Waals surface area contributed by atoms with Gasteiger partial charge >= 0.3 is 5.69 Å². The molecule has 2 aromatic heterocycles. The van der Waals surface area contributed by atoms with Crippen LogP contribution in [0.4, 0.5) is 5.69 Å². The summed E-state index contributed by atoms with van der Waals surface area (Å²) in [5, 5.41) is 27.4. The van der Waals surface area contributed by atoms with Crippen molar-refractivity contribution in [3.8, 4) is 28.3 Å². The largest absolute Gasteiger partial charge is 0.502 e. The van der Waals surface area contributed by atoms with Gasteiger partial charge in [-0.05, 0) is 30.7 Å². The van der Waals surface area contributed by atoms with Gasteiger partial charge in [-0.1, -0.05) is 12.1 Å². The Labute approximate surface area is 125 Å². The van der Waals surface area contributed by atoms with E-state index in [0.29, 0.717) is 22.5 Å². The fourth-order valence-electron chi connectivity index (χ4n) is 2.22. The van der Waals surface area contributed by atoms with E-state index in [2.05, 4.69) is 15.2 Å². The summed E-state index contributed by atoms with van der Waals surface area (Å²) in [4.78, 5) is 14.8.